The van der Waals surface area contributed by atoms with E-state index in [2.05, 4.69) is 34.1 Å². The standard InChI is InChI=1S/C15H22N2O2/c1-16-10-11-17(12-14(16)15(18)19-2)9-8-13-6-4-3-5-7-13/h3-7,14H,8-12H2,1-2H3. The summed E-state index contributed by atoms with van der Waals surface area (Å²) in [6.07, 6.45) is 1.03. The van der Waals surface area contributed by atoms with Crippen molar-refractivity contribution in [3.05, 3.63) is 35.9 Å². The van der Waals surface area contributed by atoms with Crippen LogP contribution in [-0.4, -0.2) is 62.1 Å². The lowest BCUT2D eigenvalue weighted by atomic mass is 10.1. The van der Waals surface area contributed by atoms with Gasteiger partial charge in [0.2, 0.25) is 0 Å². The maximum absolute atomic E-state index is 11.7. The lowest BCUT2D eigenvalue weighted by molar-refractivity contribution is -0.148. The number of carbonyl (C=O) groups excluding carboxylic acids is 1. The zero-order valence-corrected chi connectivity index (χ0v) is 11.7. The fraction of sp³-hybridized carbons (Fsp3) is 0.533. The zero-order chi connectivity index (χ0) is 13.7. The molecule has 1 aromatic rings. The minimum absolute atomic E-state index is 0.130. The van der Waals surface area contributed by atoms with Crippen molar-refractivity contribution in [1.29, 1.82) is 0 Å². The molecule has 19 heavy (non-hydrogen) atoms. The summed E-state index contributed by atoms with van der Waals surface area (Å²) in [7, 11) is 3.44. The van der Waals surface area contributed by atoms with Gasteiger partial charge in [0, 0.05) is 26.2 Å². The average Bonchev–Trinajstić information content (AvgIpc) is 2.46. The number of ether oxygens (including phenoxy) is 1. The molecule has 1 aromatic carbocycles. The highest BCUT2D eigenvalue weighted by Gasteiger charge is 2.30. The number of likely N-dealkylation sites (N-methyl/N-ethyl adjacent to an activating group) is 1. The average molecular weight is 262 g/mol. The molecular formula is C15H22N2O2. The summed E-state index contributed by atoms with van der Waals surface area (Å²) in [5, 5.41) is 0. The minimum Gasteiger partial charge on any atom is -0.468 e. The molecular weight excluding hydrogens is 240 g/mol. The SMILES string of the molecule is COC(=O)C1CN(CCc2ccccc2)CCN1C. The van der Waals surface area contributed by atoms with Gasteiger partial charge >= 0.3 is 5.97 Å². The van der Waals surface area contributed by atoms with E-state index in [0.29, 0.717) is 0 Å². The van der Waals surface area contributed by atoms with E-state index in [0.717, 1.165) is 32.6 Å². The van der Waals surface area contributed by atoms with Crippen molar-refractivity contribution >= 4 is 5.97 Å². The zero-order valence-electron chi connectivity index (χ0n) is 11.7. The Kier molecular flexibility index (Phi) is 4.93. The van der Waals surface area contributed by atoms with Gasteiger partial charge in [-0.25, -0.2) is 0 Å². The molecule has 0 amide bonds. The second-order valence-electron chi connectivity index (χ2n) is 5.06. The van der Waals surface area contributed by atoms with Crippen LogP contribution in [0, 0.1) is 0 Å². The van der Waals surface area contributed by atoms with E-state index in [1.807, 2.05) is 13.1 Å². The summed E-state index contributed by atoms with van der Waals surface area (Å²) >= 11 is 0. The number of nitrogens with zero attached hydrogens (tertiary/aromatic N) is 2. The predicted octanol–water partition coefficient (Wildman–Crippen LogP) is 1.02. The second-order valence-corrected chi connectivity index (χ2v) is 5.06. The number of rotatable bonds is 4. The van der Waals surface area contributed by atoms with Crippen LogP contribution in [0.5, 0.6) is 0 Å². The van der Waals surface area contributed by atoms with Crippen molar-refractivity contribution in [3.63, 3.8) is 0 Å². The summed E-state index contributed by atoms with van der Waals surface area (Å²) in [6, 6.07) is 10.3. The normalized spacial score (nSPS) is 21.3. The van der Waals surface area contributed by atoms with Crippen LogP contribution in [0.2, 0.25) is 0 Å². The van der Waals surface area contributed by atoms with E-state index >= 15 is 0 Å². The first-order valence-electron chi connectivity index (χ1n) is 6.75. The van der Waals surface area contributed by atoms with E-state index in [4.69, 9.17) is 4.74 Å². The summed E-state index contributed by atoms with van der Waals surface area (Å²) in [5.74, 6) is -0.132. The molecule has 1 fully saturated rings. The van der Waals surface area contributed by atoms with Crippen molar-refractivity contribution < 1.29 is 9.53 Å². The number of methoxy groups -OCH3 is 1. The van der Waals surface area contributed by atoms with Crippen LogP contribution in [-0.2, 0) is 16.0 Å². The van der Waals surface area contributed by atoms with Crippen LogP contribution in [0.3, 0.4) is 0 Å². The smallest absolute Gasteiger partial charge is 0.324 e. The molecule has 0 N–H and O–H groups in total. The first-order chi connectivity index (χ1) is 9.20. The van der Waals surface area contributed by atoms with Crippen LogP contribution in [0.1, 0.15) is 5.56 Å². The van der Waals surface area contributed by atoms with Gasteiger partial charge in [0.15, 0.2) is 0 Å². The number of hydrogen-bond acceptors (Lipinski definition) is 4. The Morgan fingerprint density at radius 3 is 2.74 bits per heavy atom. The van der Waals surface area contributed by atoms with Gasteiger partial charge in [0.05, 0.1) is 7.11 Å². The molecule has 0 aromatic heterocycles. The van der Waals surface area contributed by atoms with E-state index in [9.17, 15) is 4.79 Å². The molecule has 1 aliphatic heterocycles. The maximum atomic E-state index is 11.7. The Morgan fingerprint density at radius 1 is 1.32 bits per heavy atom. The predicted molar refractivity (Wildman–Crippen MR) is 75.0 cm³/mol. The fourth-order valence-corrected chi connectivity index (χ4v) is 2.46. The van der Waals surface area contributed by atoms with Crippen molar-refractivity contribution in [2.75, 3.05) is 40.3 Å². The molecule has 0 saturated carbocycles. The number of piperazine rings is 1. The molecule has 0 radical (unpaired) electrons. The van der Waals surface area contributed by atoms with E-state index in [1.54, 1.807) is 0 Å². The maximum Gasteiger partial charge on any atom is 0.324 e. The lowest BCUT2D eigenvalue weighted by Crippen LogP contribution is -2.55. The number of carbonyl (C=O) groups is 1. The molecule has 1 aliphatic rings. The van der Waals surface area contributed by atoms with Gasteiger partial charge in [0.1, 0.15) is 6.04 Å². The Balaban J connectivity index is 1.86. The fourth-order valence-electron chi connectivity index (χ4n) is 2.46. The Bertz CT molecular complexity index is 408. The molecule has 1 unspecified atom stereocenters. The van der Waals surface area contributed by atoms with Crippen LogP contribution in [0.25, 0.3) is 0 Å². The van der Waals surface area contributed by atoms with Gasteiger partial charge < -0.3 is 4.74 Å². The second kappa shape index (κ2) is 6.68. The number of esters is 1. The molecule has 0 spiro atoms. The number of benzene rings is 1. The van der Waals surface area contributed by atoms with Crippen molar-refractivity contribution in [2.24, 2.45) is 0 Å². The highest BCUT2D eigenvalue weighted by Crippen LogP contribution is 2.10. The number of hydrogen-bond donors (Lipinski definition) is 0. The van der Waals surface area contributed by atoms with Gasteiger partial charge in [-0.1, -0.05) is 30.3 Å². The summed E-state index contributed by atoms with van der Waals surface area (Å²) in [5.41, 5.74) is 1.34. The monoisotopic (exact) mass is 262 g/mol. The van der Waals surface area contributed by atoms with E-state index < -0.39 is 0 Å². The van der Waals surface area contributed by atoms with Crippen LogP contribution in [0.4, 0.5) is 0 Å². The Hall–Kier alpha value is -1.39. The lowest BCUT2D eigenvalue weighted by Gasteiger charge is -2.37. The molecule has 1 heterocycles. The van der Waals surface area contributed by atoms with Crippen molar-refractivity contribution in [2.45, 2.75) is 12.5 Å². The van der Waals surface area contributed by atoms with Crippen LogP contribution < -0.4 is 0 Å². The largest absolute Gasteiger partial charge is 0.468 e. The van der Waals surface area contributed by atoms with Gasteiger partial charge in [-0.3, -0.25) is 14.6 Å². The van der Waals surface area contributed by atoms with E-state index in [-0.39, 0.29) is 12.0 Å². The molecule has 0 aliphatic carbocycles. The molecule has 0 bridgehead atoms. The van der Waals surface area contributed by atoms with Gasteiger partial charge in [0.25, 0.3) is 0 Å². The third-order valence-corrected chi connectivity index (χ3v) is 3.76. The first-order valence-corrected chi connectivity index (χ1v) is 6.75. The van der Waals surface area contributed by atoms with Crippen molar-refractivity contribution in [1.82, 2.24) is 9.80 Å². The molecule has 4 nitrogen and oxygen atoms in total. The Labute approximate surface area is 115 Å². The summed E-state index contributed by atoms with van der Waals surface area (Å²) in [6.45, 7) is 3.67. The summed E-state index contributed by atoms with van der Waals surface area (Å²) < 4.78 is 4.86. The topological polar surface area (TPSA) is 32.8 Å². The third-order valence-electron chi connectivity index (χ3n) is 3.76. The van der Waals surface area contributed by atoms with E-state index in [1.165, 1.54) is 12.7 Å². The molecule has 4 heteroatoms. The molecule has 2 rings (SSSR count). The van der Waals surface area contributed by atoms with Gasteiger partial charge in [-0.15, -0.1) is 0 Å². The van der Waals surface area contributed by atoms with Crippen LogP contribution in [0.15, 0.2) is 30.3 Å². The molecule has 1 saturated heterocycles. The highest BCUT2D eigenvalue weighted by molar-refractivity contribution is 5.76. The summed E-state index contributed by atoms with van der Waals surface area (Å²) in [4.78, 5) is 16.1. The van der Waals surface area contributed by atoms with Crippen LogP contribution >= 0.6 is 0 Å². The quantitative estimate of drug-likeness (QED) is 0.759. The minimum atomic E-state index is -0.132. The Morgan fingerprint density at radius 2 is 2.05 bits per heavy atom. The van der Waals surface area contributed by atoms with Crippen molar-refractivity contribution in [3.8, 4) is 0 Å². The highest BCUT2D eigenvalue weighted by atomic mass is 16.5. The molecule has 1 atom stereocenters. The first kappa shape index (κ1) is 14.0. The van der Waals surface area contributed by atoms with Gasteiger partial charge in [-0.05, 0) is 19.0 Å². The third kappa shape index (κ3) is 3.78. The van der Waals surface area contributed by atoms with Gasteiger partial charge in [-0.2, -0.15) is 0 Å². The molecule has 104 valence electrons.